The Labute approximate surface area is 202 Å². The molecule has 0 spiro atoms. The molecule has 0 unspecified atom stereocenters. The zero-order valence-corrected chi connectivity index (χ0v) is 19.6. The first-order valence-corrected chi connectivity index (χ1v) is 11.6. The molecule has 1 saturated heterocycles. The van der Waals surface area contributed by atoms with Gasteiger partial charge in [-0.1, -0.05) is 13.0 Å². The van der Waals surface area contributed by atoms with E-state index in [4.69, 9.17) is 0 Å². The quantitative estimate of drug-likeness (QED) is 0.457. The Morgan fingerprint density at radius 2 is 2.00 bits per heavy atom. The lowest BCUT2D eigenvalue weighted by molar-refractivity contribution is -0.137. The first-order chi connectivity index (χ1) is 16.4. The van der Waals surface area contributed by atoms with Crippen LogP contribution in [0.3, 0.4) is 0 Å². The topological polar surface area (TPSA) is 71.0 Å². The summed E-state index contributed by atoms with van der Waals surface area (Å²) in [5, 5.41) is 3.48. The highest BCUT2D eigenvalue weighted by atomic mass is 32.1. The Morgan fingerprint density at radius 3 is 2.63 bits per heavy atom. The molecule has 3 aromatic rings. The van der Waals surface area contributed by atoms with Gasteiger partial charge in [0, 0.05) is 25.4 Å². The average molecular weight is 512 g/mol. The van der Waals surface area contributed by atoms with Gasteiger partial charge in [-0.2, -0.15) is 13.2 Å². The van der Waals surface area contributed by atoms with Gasteiger partial charge in [-0.3, -0.25) is 9.78 Å². The molecule has 1 aliphatic rings. The fourth-order valence-electron chi connectivity index (χ4n) is 4.13. The molecule has 3 aromatic heterocycles. The van der Waals surface area contributed by atoms with Crippen molar-refractivity contribution in [3.05, 3.63) is 59.0 Å². The number of nitrogens with zero attached hydrogens (tertiary/aromatic N) is 4. The second-order valence-corrected chi connectivity index (χ2v) is 9.68. The second-order valence-electron chi connectivity index (χ2n) is 8.47. The van der Waals surface area contributed by atoms with Crippen molar-refractivity contribution < 1.29 is 26.7 Å². The molecule has 2 atom stereocenters. The Morgan fingerprint density at radius 1 is 1.23 bits per heavy atom. The molecule has 6 nitrogen and oxygen atoms in total. The fraction of sp³-hybridized carbons (Fsp3) is 0.391. The maximum absolute atomic E-state index is 14.5. The third-order valence-corrected chi connectivity index (χ3v) is 6.75. The predicted octanol–water partition coefficient (Wildman–Crippen LogP) is 5.53. The number of aryl methyl sites for hydroxylation is 1. The molecular formula is C23H22F5N5OS. The van der Waals surface area contributed by atoms with Crippen LogP contribution in [-0.2, 0) is 6.18 Å². The standard InChI is InChI=1S/C23H22F5N5OS/c1-13-9-22(24,25)12-33(17(13)11-31-18-7-6-15(10-30-18)23(26,27)28)21(34)19-20(35-14(2)32-19)16-5-3-4-8-29-16/h3-8,10,13,17H,9,11-12H2,1-2H3,(H,30,31)/t13-,17-/m1/s1. The maximum atomic E-state index is 14.5. The second kappa shape index (κ2) is 9.48. The number of anilines is 1. The molecule has 0 radical (unpaired) electrons. The predicted molar refractivity (Wildman–Crippen MR) is 121 cm³/mol. The zero-order chi connectivity index (χ0) is 25.4. The van der Waals surface area contributed by atoms with Crippen molar-refractivity contribution in [2.45, 2.75) is 38.4 Å². The molecule has 0 bridgehead atoms. The number of carbonyl (C=O) groups is 1. The smallest absolute Gasteiger partial charge is 0.368 e. The molecule has 0 aromatic carbocycles. The minimum Gasteiger partial charge on any atom is -0.368 e. The number of nitrogens with one attached hydrogen (secondary N) is 1. The van der Waals surface area contributed by atoms with Crippen LogP contribution in [0, 0.1) is 12.8 Å². The molecule has 1 aliphatic heterocycles. The van der Waals surface area contributed by atoms with Crippen LogP contribution in [0.2, 0.25) is 0 Å². The lowest BCUT2D eigenvalue weighted by Crippen LogP contribution is -2.57. The summed E-state index contributed by atoms with van der Waals surface area (Å²) in [7, 11) is 0. The molecule has 4 heterocycles. The van der Waals surface area contributed by atoms with Crippen LogP contribution in [0.4, 0.5) is 27.8 Å². The van der Waals surface area contributed by atoms with E-state index < -0.39 is 48.5 Å². The summed E-state index contributed by atoms with van der Waals surface area (Å²) in [6, 6.07) is 6.58. The van der Waals surface area contributed by atoms with Crippen LogP contribution < -0.4 is 5.32 Å². The van der Waals surface area contributed by atoms with E-state index in [0.29, 0.717) is 21.8 Å². The number of likely N-dealkylation sites (tertiary alicyclic amines) is 1. The molecule has 0 aliphatic carbocycles. The van der Waals surface area contributed by atoms with E-state index in [1.807, 2.05) is 0 Å². The van der Waals surface area contributed by atoms with Crippen LogP contribution in [0.1, 0.15) is 34.4 Å². The minimum atomic E-state index is -4.52. The largest absolute Gasteiger partial charge is 0.417 e. The minimum absolute atomic E-state index is 0.0311. The summed E-state index contributed by atoms with van der Waals surface area (Å²) in [5.74, 6) is -4.18. The third kappa shape index (κ3) is 5.58. The molecule has 1 N–H and O–H groups in total. The highest BCUT2D eigenvalue weighted by molar-refractivity contribution is 7.15. The van der Waals surface area contributed by atoms with Gasteiger partial charge in [0.05, 0.1) is 33.7 Å². The number of amides is 1. The monoisotopic (exact) mass is 511 g/mol. The number of carbonyl (C=O) groups excluding carboxylic acids is 1. The van der Waals surface area contributed by atoms with E-state index in [9.17, 15) is 26.7 Å². The summed E-state index contributed by atoms with van der Waals surface area (Å²) >= 11 is 1.25. The number of piperidine rings is 1. The molecule has 1 fully saturated rings. The van der Waals surface area contributed by atoms with Gasteiger partial charge >= 0.3 is 6.18 Å². The molecule has 4 rings (SSSR count). The lowest BCUT2D eigenvalue weighted by atomic mass is 9.88. The van der Waals surface area contributed by atoms with E-state index in [-0.39, 0.29) is 18.1 Å². The van der Waals surface area contributed by atoms with Gasteiger partial charge in [-0.25, -0.2) is 18.7 Å². The number of aromatic nitrogens is 3. The molecule has 0 saturated carbocycles. The summed E-state index contributed by atoms with van der Waals surface area (Å²) in [6.07, 6.45) is -2.68. The van der Waals surface area contributed by atoms with Gasteiger partial charge in [0.2, 0.25) is 0 Å². The number of thiazole rings is 1. The Bertz CT molecular complexity index is 1180. The van der Waals surface area contributed by atoms with Gasteiger partial charge in [-0.05, 0) is 37.1 Å². The summed E-state index contributed by atoms with van der Waals surface area (Å²) in [4.78, 5) is 27.5. The molecule has 12 heteroatoms. The third-order valence-electron chi connectivity index (χ3n) is 5.76. The van der Waals surface area contributed by atoms with Gasteiger partial charge in [0.1, 0.15) is 11.5 Å². The van der Waals surface area contributed by atoms with Crippen molar-refractivity contribution >= 4 is 23.1 Å². The molecule has 35 heavy (non-hydrogen) atoms. The van der Waals surface area contributed by atoms with Crippen molar-refractivity contribution in [1.29, 1.82) is 0 Å². The fourth-order valence-corrected chi connectivity index (χ4v) is 5.02. The van der Waals surface area contributed by atoms with Gasteiger partial charge in [0.15, 0.2) is 0 Å². The van der Waals surface area contributed by atoms with Gasteiger partial charge in [-0.15, -0.1) is 11.3 Å². The molecule has 1 amide bonds. The molecular weight excluding hydrogens is 489 g/mol. The first-order valence-electron chi connectivity index (χ1n) is 10.8. The average Bonchev–Trinajstić information content (AvgIpc) is 3.19. The number of rotatable bonds is 5. The van der Waals surface area contributed by atoms with E-state index in [2.05, 4.69) is 20.3 Å². The summed E-state index contributed by atoms with van der Waals surface area (Å²) < 4.78 is 67.5. The number of halogens is 5. The SMILES string of the molecule is Cc1nc(C(=O)N2CC(F)(F)C[C@@H](C)[C@H]2CNc2ccc(C(F)(F)F)cn2)c(-c2ccccn2)s1. The van der Waals surface area contributed by atoms with Crippen LogP contribution in [0.5, 0.6) is 0 Å². The van der Waals surface area contributed by atoms with E-state index in [1.165, 1.54) is 17.4 Å². The van der Waals surface area contributed by atoms with Gasteiger partial charge < -0.3 is 10.2 Å². The molecule has 186 valence electrons. The van der Waals surface area contributed by atoms with Crippen LogP contribution in [0.25, 0.3) is 10.6 Å². The Balaban J connectivity index is 1.60. The summed E-state index contributed by atoms with van der Waals surface area (Å²) in [6.45, 7) is 2.58. The van der Waals surface area contributed by atoms with Crippen LogP contribution in [0.15, 0.2) is 42.7 Å². The van der Waals surface area contributed by atoms with Crippen molar-refractivity contribution in [2.24, 2.45) is 5.92 Å². The van der Waals surface area contributed by atoms with E-state index >= 15 is 0 Å². The first kappa shape index (κ1) is 25.0. The van der Waals surface area contributed by atoms with E-state index in [0.717, 1.165) is 11.0 Å². The number of alkyl halides is 5. The Hall–Kier alpha value is -3.15. The van der Waals surface area contributed by atoms with Crippen molar-refractivity contribution in [2.75, 3.05) is 18.4 Å². The van der Waals surface area contributed by atoms with Crippen LogP contribution >= 0.6 is 11.3 Å². The number of hydrogen-bond acceptors (Lipinski definition) is 6. The van der Waals surface area contributed by atoms with Crippen molar-refractivity contribution in [3.8, 4) is 10.6 Å². The van der Waals surface area contributed by atoms with Crippen LogP contribution in [-0.4, -0.2) is 50.8 Å². The maximum Gasteiger partial charge on any atom is 0.417 e. The Kier molecular flexibility index (Phi) is 6.76. The highest BCUT2D eigenvalue weighted by Gasteiger charge is 2.47. The lowest BCUT2D eigenvalue weighted by Gasteiger charge is -2.43. The number of hydrogen-bond donors (Lipinski definition) is 1. The summed E-state index contributed by atoms with van der Waals surface area (Å²) in [5.41, 5.74) is -0.331. The highest BCUT2D eigenvalue weighted by Crippen LogP contribution is 2.37. The number of pyridine rings is 2. The van der Waals surface area contributed by atoms with E-state index in [1.54, 1.807) is 38.2 Å². The van der Waals surface area contributed by atoms with Crippen molar-refractivity contribution in [3.63, 3.8) is 0 Å². The zero-order valence-electron chi connectivity index (χ0n) is 18.8. The van der Waals surface area contributed by atoms with Crippen molar-refractivity contribution in [1.82, 2.24) is 19.9 Å². The van der Waals surface area contributed by atoms with Gasteiger partial charge in [0.25, 0.3) is 11.8 Å². The normalized spacial score (nSPS) is 20.0.